The van der Waals surface area contributed by atoms with E-state index in [1.165, 1.54) is 17.7 Å². The van der Waals surface area contributed by atoms with Crippen LogP contribution in [-0.2, 0) is 19.9 Å². The predicted octanol–water partition coefficient (Wildman–Crippen LogP) is 2.77. The van der Waals surface area contributed by atoms with Crippen LogP contribution >= 0.6 is 0 Å². The van der Waals surface area contributed by atoms with Gasteiger partial charge in [0.2, 0.25) is 0 Å². The van der Waals surface area contributed by atoms with E-state index in [1.807, 2.05) is 24.9 Å². The number of aromatic nitrogens is 2. The van der Waals surface area contributed by atoms with E-state index in [-0.39, 0.29) is 0 Å². The molecule has 1 aromatic carbocycles. The molecule has 2 aromatic rings. The average molecular weight is 375 g/mol. The molecular weight excluding hydrogens is 348 g/mol. The molecule has 1 saturated heterocycles. The monoisotopic (exact) mass is 375 g/mol. The molecule has 3 rings (SSSR count). The molecule has 2 heterocycles. The van der Waals surface area contributed by atoms with Gasteiger partial charge >= 0.3 is 0 Å². The van der Waals surface area contributed by atoms with Crippen LogP contribution in [0.5, 0.6) is 0 Å². The highest BCUT2D eigenvalue weighted by Gasteiger charge is 2.25. The highest BCUT2D eigenvalue weighted by molar-refractivity contribution is 5.80. The van der Waals surface area contributed by atoms with Gasteiger partial charge in [0, 0.05) is 45.5 Å². The Morgan fingerprint density at radius 2 is 2.22 bits per heavy atom. The van der Waals surface area contributed by atoms with Crippen molar-refractivity contribution in [2.45, 2.75) is 26.2 Å². The first kappa shape index (κ1) is 19.3. The molecule has 0 radical (unpaired) electrons. The lowest BCUT2D eigenvalue weighted by molar-refractivity contribution is 0.460. The van der Waals surface area contributed by atoms with E-state index in [9.17, 15) is 8.78 Å². The number of rotatable bonds is 6. The number of aryl methyl sites for hydroxylation is 1. The molecule has 1 unspecified atom stereocenters. The third kappa shape index (κ3) is 5.28. The fourth-order valence-corrected chi connectivity index (χ4v) is 3.53. The van der Waals surface area contributed by atoms with Crippen molar-refractivity contribution in [2.75, 3.05) is 26.2 Å². The smallest absolute Gasteiger partial charge is 0.193 e. The summed E-state index contributed by atoms with van der Waals surface area (Å²) in [5.74, 6) is 0.388. The molecule has 5 nitrogen and oxygen atoms in total. The number of halogens is 2. The molecule has 1 aromatic heterocycles. The van der Waals surface area contributed by atoms with Crippen molar-refractivity contribution in [3.05, 3.63) is 53.4 Å². The number of hydrogen-bond acceptors (Lipinski definition) is 2. The summed E-state index contributed by atoms with van der Waals surface area (Å²) < 4.78 is 28.6. The van der Waals surface area contributed by atoms with Gasteiger partial charge < -0.3 is 10.2 Å². The van der Waals surface area contributed by atoms with E-state index < -0.39 is 11.6 Å². The van der Waals surface area contributed by atoms with Crippen LogP contribution in [0.3, 0.4) is 0 Å². The summed E-state index contributed by atoms with van der Waals surface area (Å²) >= 11 is 0. The summed E-state index contributed by atoms with van der Waals surface area (Å²) in [5.41, 5.74) is 1.75. The van der Waals surface area contributed by atoms with Crippen molar-refractivity contribution in [1.29, 1.82) is 0 Å². The molecule has 0 saturated carbocycles. The summed E-state index contributed by atoms with van der Waals surface area (Å²) in [6.45, 7) is 5.20. The number of aliphatic imine (C=N–C) groups is 1. The molecule has 1 aliphatic heterocycles. The van der Waals surface area contributed by atoms with Gasteiger partial charge in [-0.2, -0.15) is 5.10 Å². The van der Waals surface area contributed by atoms with Crippen LogP contribution in [0.25, 0.3) is 0 Å². The average Bonchev–Trinajstić information content (AvgIpc) is 3.25. The Kier molecular flexibility index (Phi) is 6.42. The van der Waals surface area contributed by atoms with E-state index in [0.717, 1.165) is 44.5 Å². The van der Waals surface area contributed by atoms with Gasteiger partial charge in [0.05, 0.1) is 6.20 Å². The van der Waals surface area contributed by atoms with Crippen LogP contribution in [0.2, 0.25) is 0 Å². The lowest BCUT2D eigenvalue weighted by Crippen LogP contribution is -2.40. The molecule has 27 heavy (non-hydrogen) atoms. The number of nitrogens with zero attached hydrogens (tertiary/aromatic N) is 4. The Bertz CT molecular complexity index is 786. The second-order valence-electron chi connectivity index (χ2n) is 7.05. The predicted molar refractivity (Wildman–Crippen MR) is 103 cm³/mol. The van der Waals surface area contributed by atoms with Gasteiger partial charge in [-0.1, -0.05) is 6.07 Å². The van der Waals surface area contributed by atoms with Crippen LogP contribution in [0.1, 0.15) is 24.5 Å². The second-order valence-corrected chi connectivity index (χ2v) is 7.05. The Hall–Kier alpha value is -2.44. The van der Waals surface area contributed by atoms with Crippen molar-refractivity contribution < 1.29 is 8.78 Å². The van der Waals surface area contributed by atoms with Gasteiger partial charge in [-0.15, -0.1) is 0 Å². The molecule has 1 atom stereocenters. The molecule has 0 bridgehead atoms. The number of nitrogens with one attached hydrogen (secondary N) is 1. The molecular formula is C20H27F2N5. The van der Waals surface area contributed by atoms with Crippen molar-refractivity contribution in [2.24, 2.45) is 18.0 Å². The van der Waals surface area contributed by atoms with Crippen LogP contribution in [0.4, 0.5) is 8.78 Å². The first-order chi connectivity index (χ1) is 13.0. The number of hydrogen-bond donors (Lipinski definition) is 1. The lowest BCUT2D eigenvalue weighted by Gasteiger charge is -2.21. The molecule has 0 amide bonds. The number of guanidine groups is 1. The van der Waals surface area contributed by atoms with Gasteiger partial charge in [0.1, 0.15) is 11.6 Å². The molecule has 146 valence electrons. The van der Waals surface area contributed by atoms with Gasteiger partial charge in [0.25, 0.3) is 0 Å². The number of likely N-dealkylation sites (tertiary alicyclic amines) is 1. The third-order valence-corrected chi connectivity index (χ3v) is 4.86. The maximum atomic E-state index is 13.8. The van der Waals surface area contributed by atoms with E-state index >= 15 is 0 Å². The summed E-state index contributed by atoms with van der Waals surface area (Å²) in [4.78, 5) is 6.92. The van der Waals surface area contributed by atoms with E-state index in [0.29, 0.717) is 24.4 Å². The second kappa shape index (κ2) is 8.97. The van der Waals surface area contributed by atoms with E-state index in [4.69, 9.17) is 0 Å². The minimum atomic E-state index is -0.551. The molecule has 7 heteroatoms. The van der Waals surface area contributed by atoms with E-state index in [1.54, 1.807) is 0 Å². The summed E-state index contributed by atoms with van der Waals surface area (Å²) in [7, 11) is 1.93. The van der Waals surface area contributed by atoms with Crippen LogP contribution in [-0.4, -0.2) is 46.8 Å². The lowest BCUT2D eigenvalue weighted by atomic mass is 10.0. The maximum absolute atomic E-state index is 13.8. The summed E-state index contributed by atoms with van der Waals surface area (Å²) in [6, 6.07) is 3.71. The highest BCUT2D eigenvalue weighted by Crippen LogP contribution is 2.21. The highest BCUT2D eigenvalue weighted by atomic mass is 19.1. The minimum absolute atomic E-state index is 0.452. The van der Waals surface area contributed by atoms with Gasteiger partial charge in [0.15, 0.2) is 5.96 Å². The van der Waals surface area contributed by atoms with E-state index in [2.05, 4.69) is 26.5 Å². The Morgan fingerprint density at radius 1 is 1.37 bits per heavy atom. The largest absolute Gasteiger partial charge is 0.357 e. The number of benzene rings is 1. The van der Waals surface area contributed by atoms with Crippen molar-refractivity contribution in [1.82, 2.24) is 20.0 Å². The van der Waals surface area contributed by atoms with Gasteiger partial charge in [-0.25, -0.2) is 8.78 Å². The first-order valence-electron chi connectivity index (χ1n) is 9.50. The molecule has 1 fully saturated rings. The summed E-state index contributed by atoms with van der Waals surface area (Å²) in [6.07, 6.45) is 6.59. The fraction of sp³-hybridized carbons (Fsp3) is 0.500. The van der Waals surface area contributed by atoms with Crippen molar-refractivity contribution in [3.63, 3.8) is 0 Å². The van der Waals surface area contributed by atoms with Gasteiger partial charge in [-0.3, -0.25) is 9.67 Å². The van der Waals surface area contributed by atoms with Gasteiger partial charge in [-0.05, 0) is 49.3 Å². The Balaban J connectivity index is 1.57. The zero-order valence-electron chi connectivity index (χ0n) is 16.0. The normalized spacial score (nSPS) is 17.6. The van der Waals surface area contributed by atoms with Crippen molar-refractivity contribution in [3.8, 4) is 0 Å². The summed E-state index contributed by atoms with van der Waals surface area (Å²) in [5, 5.41) is 7.57. The standard InChI is InChI=1S/C20H27F2N5/c1-3-23-20(24-8-6-17-4-5-18(21)11-19(17)22)27-9-7-15(14-27)10-16-12-25-26(2)13-16/h4-5,11-13,15H,3,6-10,14H2,1-2H3,(H,23,24). The van der Waals surface area contributed by atoms with Crippen LogP contribution in [0.15, 0.2) is 35.6 Å². The topological polar surface area (TPSA) is 45.5 Å². The Morgan fingerprint density at radius 3 is 2.93 bits per heavy atom. The minimum Gasteiger partial charge on any atom is -0.357 e. The molecule has 0 spiro atoms. The third-order valence-electron chi connectivity index (χ3n) is 4.86. The van der Waals surface area contributed by atoms with Crippen LogP contribution in [0, 0.1) is 17.6 Å². The van der Waals surface area contributed by atoms with Crippen molar-refractivity contribution >= 4 is 5.96 Å². The quantitative estimate of drug-likeness (QED) is 0.624. The zero-order chi connectivity index (χ0) is 19.2. The fourth-order valence-electron chi connectivity index (χ4n) is 3.53. The molecule has 1 N–H and O–H groups in total. The van der Waals surface area contributed by atoms with Crippen LogP contribution < -0.4 is 5.32 Å². The maximum Gasteiger partial charge on any atom is 0.193 e. The first-order valence-corrected chi connectivity index (χ1v) is 9.50. The molecule has 0 aliphatic carbocycles. The Labute approximate surface area is 159 Å². The SMILES string of the molecule is CCNC(=NCCc1ccc(F)cc1F)N1CCC(Cc2cnn(C)c2)C1. The molecule has 1 aliphatic rings. The zero-order valence-corrected chi connectivity index (χ0v) is 16.0.